The van der Waals surface area contributed by atoms with E-state index in [9.17, 15) is 5.11 Å². The van der Waals surface area contributed by atoms with Crippen molar-refractivity contribution in [2.45, 2.75) is 33.6 Å². The number of nitrogens with two attached hydrogens (primary N) is 1. The minimum atomic E-state index is 0.0441. The van der Waals surface area contributed by atoms with Crippen molar-refractivity contribution >= 4 is 5.57 Å². The van der Waals surface area contributed by atoms with Gasteiger partial charge in [0.1, 0.15) is 5.76 Å². The Morgan fingerprint density at radius 1 is 1.28 bits per heavy atom. The first-order valence-corrected chi connectivity index (χ1v) is 8.80. The predicted octanol–water partition coefficient (Wildman–Crippen LogP) is 5.34. The van der Waals surface area contributed by atoms with Crippen molar-refractivity contribution in [1.29, 1.82) is 0 Å². The maximum absolute atomic E-state index is 9.77. The second kappa shape index (κ2) is 8.17. The quantitative estimate of drug-likeness (QED) is 0.576. The predicted molar refractivity (Wildman–Crippen MR) is 109 cm³/mol. The van der Waals surface area contributed by atoms with Gasteiger partial charge in [0, 0.05) is 5.57 Å². The Morgan fingerprint density at radius 3 is 2.56 bits per heavy atom. The molecule has 0 heterocycles. The summed E-state index contributed by atoms with van der Waals surface area (Å²) < 4.78 is 0. The van der Waals surface area contributed by atoms with Crippen molar-refractivity contribution in [3.63, 3.8) is 0 Å². The van der Waals surface area contributed by atoms with Gasteiger partial charge in [0.15, 0.2) is 0 Å². The zero-order valence-corrected chi connectivity index (χ0v) is 15.6. The first-order chi connectivity index (χ1) is 11.9. The SMILES string of the molecule is C=C(O)/C(=C/C)C(=C)/C=C1\C=C\CC(CN)Cc2cc(C)c(C)cc21. The number of benzene rings is 1. The Bertz CT molecular complexity index is 778. The van der Waals surface area contributed by atoms with E-state index in [1.165, 1.54) is 22.3 Å². The molecule has 0 bridgehead atoms. The summed E-state index contributed by atoms with van der Waals surface area (Å²) >= 11 is 0. The van der Waals surface area contributed by atoms with Crippen molar-refractivity contribution < 1.29 is 5.11 Å². The minimum Gasteiger partial charge on any atom is -0.508 e. The van der Waals surface area contributed by atoms with E-state index in [1.54, 1.807) is 0 Å². The highest BCUT2D eigenvalue weighted by molar-refractivity contribution is 5.80. The molecule has 1 unspecified atom stereocenters. The van der Waals surface area contributed by atoms with Gasteiger partial charge in [0.2, 0.25) is 0 Å². The van der Waals surface area contributed by atoms with Crippen LogP contribution in [0.3, 0.4) is 0 Å². The summed E-state index contributed by atoms with van der Waals surface area (Å²) in [5.41, 5.74) is 13.6. The Balaban J connectivity index is 2.57. The summed E-state index contributed by atoms with van der Waals surface area (Å²) in [4.78, 5) is 0. The molecule has 0 aromatic heterocycles. The molecule has 25 heavy (non-hydrogen) atoms. The molecule has 2 rings (SSSR count). The molecule has 0 saturated carbocycles. The maximum atomic E-state index is 9.77. The van der Waals surface area contributed by atoms with Crippen LogP contribution in [0, 0.1) is 19.8 Å². The summed E-state index contributed by atoms with van der Waals surface area (Å²) in [5.74, 6) is 0.507. The highest BCUT2D eigenvalue weighted by Gasteiger charge is 2.16. The normalized spacial score (nSPS) is 20.6. The fraction of sp³-hybridized carbons (Fsp3) is 0.304. The van der Waals surface area contributed by atoms with Crippen LogP contribution in [-0.2, 0) is 6.42 Å². The lowest BCUT2D eigenvalue weighted by Crippen LogP contribution is -2.18. The van der Waals surface area contributed by atoms with Crippen LogP contribution >= 0.6 is 0 Å². The smallest absolute Gasteiger partial charge is 0.115 e. The first kappa shape index (κ1) is 19.0. The molecule has 1 aliphatic carbocycles. The average molecular weight is 335 g/mol. The van der Waals surface area contributed by atoms with Gasteiger partial charge in [-0.1, -0.05) is 43.5 Å². The fourth-order valence-electron chi connectivity index (χ4n) is 3.29. The number of aliphatic hydroxyl groups is 1. The second-order valence-corrected chi connectivity index (χ2v) is 6.81. The van der Waals surface area contributed by atoms with E-state index in [4.69, 9.17) is 5.73 Å². The van der Waals surface area contributed by atoms with Crippen LogP contribution in [0.2, 0.25) is 0 Å². The Hall–Kier alpha value is -2.32. The first-order valence-electron chi connectivity index (χ1n) is 8.80. The van der Waals surface area contributed by atoms with Crippen molar-refractivity contribution in [1.82, 2.24) is 0 Å². The number of hydrogen-bond acceptors (Lipinski definition) is 2. The molecule has 1 aromatic carbocycles. The molecule has 2 nitrogen and oxygen atoms in total. The van der Waals surface area contributed by atoms with E-state index in [2.05, 4.69) is 51.3 Å². The molecular weight excluding hydrogens is 306 g/mol. The molecular formula is C23H29NO. The van der Waals surface area contributed by atoms with Crippen molar-refractivity contribution in [3.8, 4) is 0 Å². The van der Waals surface area contributed by atoms with Gasteiger partial charge in [0.05, 0.1) is 0 Å². The largest absolute Gasteiger partial charge is 0.508 e. The molecule has 0 saturated heterocycles. The van der Waals surface area contributed by atoms with E-state index in [0.29, 0.717) is 18.0 Å². The number of fused-ring (bicyclic) bond motifs is 1. The van der Waals surface area contributed by atoms with Crippen LogP contribution in [0.4, 0.5) is 0 Å². The summed E-state index contributed by atoms with van der Waals surface area (Å²) in [7, 11) is 0. The molecule has 1 aliphatic rings. The minimum absolute atomic E-state index is 0.0441. The van der Waals surface area contributed by atoms with Crippen LogP contribution in [0.25, 0.3) is 5.57 Å². The molecule has 0 radical (unpaired) electrons. The monoisotopic (exact) mass is 335 g/mol. The van der Waals surface area contributed by atoms with E-state index in [-0.39, 0.29) is 5.76 Å². The van der Waals surface area contributed by atoms with Crippen LogP contribution in [0.1, 0.15) is 35.6 Å². The number of aliphatic hydroxyl groups excluding tert-OH is 1. The molecule has 0 aliphatic heterocycles. The topological polar surface area (TPSA) is 46.2 Å². The zero-order chi connectivity index (χ0) is 18.6. The Kier molecular flexibility index (Phi) is 6.22. The molecule has 0 spiro atoms. The average Bonchev–Trinajstić information content (AvgIpc) is 2.54. The van der Waals surface area contributed by atoms with Crippen LogP contribution in [0.15, 0.2) is 66.5 Å². The van der Waals surface area contributed by atoms with Crippen LogP contribution in [-0.4, -0.2) is 11.7 Å². The Labute approximate surface area is 151 Å². The molecule has 0 amide bonds. The fourth-order valence-corrected chi connectivity index (χ4v) is 3.29. The molecule has 1 aromatic rings. The van der Waals surface area contributed by atoms with E-state index < -0.39 is 0 Å². The number of rotatable bonds is 4. The molecule has 1 atom stereocenters. The van der Waals surface area contributed by atoms with Gasteiger partial charge >= 0.3 is 0 Å². The molecule has 3 N–H and O–H groups in total. The maximum Gasteiger partial charge on any atom is 0.115 e. The summed E-state index contributed by atoms with van der Waals surface area (Å²) in [6, 6.07) is 4.53. The number of aryl methyl sites for hydroxylation is 2. The van der Waals surface area contributed by atoms with Gasteiger partial charge in [-0.2, -0.15) is 0 Å². The van der Waals surface area contributed by atoms with E-state index >= 15 is 0 Å². The highest BCUT2D eigenvalue weighted by Crippen LogP contribution is 2.31. The highest BCUT2D eigenvalue weighted by atomic mass is 16.3. The lowest BCUT2D eigenvalue weighted by atomic mass is 9.84. The Morgan fingerprint density at radius 2 is 1.96 bits per heavy atom. The van der Waals surface area contributed by atoms with Gasteiger partial charge in [-0.15, -0.1) is 0 Å². The molecule has 0 fully saturated rings. The van der Waals surface area contributed by atoms with Crippen molar-refractivity contribution in [2.75, 3.05) is 6.54 Å². The van der Waals surface area contributed by atoms with Crippen LogP contribution < -0.4 is 5.73 Å². The summed E-state index contributed by atoms with van der Waals surface area (Å²) in [5, 5.41) is 9.77. The standard InChI is InChI=1S/C23H29NO/c1-6-22(18(5)25)17(4)11-20-9-7-8-19(14-24)13-21-10-15(2)16(3)12-23(20)21/h6-7,9-12,19,25H,4-5,8,13-14,24H2,1-3H3/b9-7+,20-11+,22-6+. The van der Waals surface area contributed by atoms with Gasteiger partial charge in [-0.3, -0.25) is 0 Å². The van der Waals surface area contributed by atoms with Gasteiger partial charge in [-0.05, 0) is 85.6 Å². The third kappa shape index (κ3) is 4.40. The molecule has 132 valence electrons. The van der Waals surface area contributed by atoms with Gasteiger partial charge < -0.3 is 10.8 Å². The van der Waals surface area contributed by atoms with Crippen molar-refractivity contribution in [3.05, 3.63) is 88.8 Å². The molecule has 2 heteroatoms. The third-order valence-corrected chi connectivity index (χ3v) is 4.91. The number of hydrogen-bond donors (Lipinski definition) is 2. The van der Waals surface area contributed by atoms with Crippen LogP contribution in [0.5, 0.6) is 0 Å². The van der Waals surface area contributed by atoms with Gasteiger partial charge in [-0.25, -0.2) is 0 Å². The third-order valence-electron chi connectivity index (χ3n) is 4.91. The summed E-state index contributed by atoms with van der Waals surface area (Å²) in [6.07, 6.45) is 10.1. The second-order valence-electron chi connectivity index (χ2n) is 6.81. The lowest BCUT2D eigenvalue weighted by molar-refractivity contribution is 0.428. The van der Waals surface area contributed by atoms with Gasteiger partial charge in [0.25, 0.3) is 0 Å². The number of allylic oxidation sites excluding steroid dienone is 6. The lowest BCUT2D eigenvalue weighted by Gasteiger charge is -2.21. The van der Waals surface area contributed by atoms with Crippen molar-refractivity contribution in [2.24, 2.45) is 11.7 Å². The zero-order valence-electron chi connectivity index (χ0n) is 15.6. The summed E-state index contributed by atoms with van der Waals surface area (Å²) in [6.45, 7) is 14.6. The van der Waals surface area contributed by atoms with E-state index in [0.717, 1.165) is 24.0 Å². The van der Waals surface area contributed by atoms with E-state index in [1.807, 2.05) is 19.1 Å².